The van der Waals surface area contributed by atoms with Gasteiger partial charge in [0.25, 0.3) is 5.91 Å². The van der Waals surface area contributed by atoms with Crippen LogP contribution in [0.3, 0.4) is 0 Å². The smallest absolute Gasteiger partial charge is 0.342 e. The van der Waals surface area contributed by atoms with Crippen LogP contribution in [0.25, 0.3) is 16.6 Å². The van der Waals surface area contributed by atoms with Crippen LogP contribution >= 0.6 is 11.6 Å². The Morgan fingerprint density at radius 1 is 1.19 bits per heavy atom. The van der Waals surface area contributed by atoms with E-state index in [1.807, 2.05) is 0 Å². The van der Waals surface area contributed by atoms with Crippen molar-refractivity contribution in [1.29, 1.82) is 0 Å². The molecule has 0 unspecified atom stereocenters. The lowest BCUT2D eigenvalue weighted by Crippen LogP contribution is -2.22. The summed E-state index contributed by atoms with van der Waals surface area (Å²) in [6.45, 7) is 0.131. The first kappa shape index (κ1) is 20.5. The van der Waals surface area contributed by atoms with E-state index in [0.29, 0.717) is 38.5 Å². The van der Waals surface area contributed by atoms with Crippen LogP contribution in [0.2, 0.25) is 5.02 Å². The van der Waals surface area contributed by atoms with Crippen molar-refractivity contribution in [3.8, 4) is 0 Å². The van der Waals surface area contributed by atoms with Gasteiger partial charge in [-0.2, -0.15) is 5.10 Å². The van der Waals surface area contributed by atoms with Gasteiger partial charge in [-0.25, -0.2) is 14.3 Å². The van der Waals surface area contributed by atoms with Crippen molar-refractivity contribution in [2.45, 2.75) is 44.8 Å². The number of esters is 1. The van der Waals surface area contributed by atoms with Gasteiger partial charge in [0.05, 0.1) is 12.7 Å². The van der Waals surface area contributed by atoms with Crippen molar-refractivity contribution in [3.05, 3.63) is 64.8 Å². The van der Waals surface area contributed by atoms with Crippen molar-refractivity contribution in [2.24, 2.45) is 0 Å². The molecule has 0 radical (unpaired) electrons. The number of carbonyl (C=O) groups is 2. The quantitative estimate of drug-likeness (QED) is 0.446. The molecule has 5 rings (SSSR count). The molecule has 0 saturated heterocycles. The van der Waals surface area contributed by atoms with E-state index in [4.69, 9.17) is 20.8 Å². The first-order valence-corrected chi connectivity index (χ1v) is 11.0. The molecule has 1 aromatic carbocycles. The van der Waals surface area contributed by atoms with Crippen molar-refractivity contribution < 1.29 is 18.7 Å². The molecule has 0 spiro atoms. The molecule has 1 aliphatic carbocycles. The molecule has 3 heterocycles. The average Bonchev–Trinajstić information content (AvgIpc) is 3.41. The standard InChI is InChI=1S/C23H21ClN4O4/c24-15-9-14-10-17(12-26-22(29)19-13-27-28-8-4-7-25-21(19)28)31-20(14)18(11-15)23(30)32-16-5-2-1-3-6-16/h4,7-11,13,16H,1-3,5-6,12H2,(H,26,29). The number of furan rings is 1. The van der Waals surface area contributed by atoms with E-state index in [2.05, 4.69) is 15.4 Å². The highest BCUT2D eigenvalue weighted by Crippen LogP contribution is 2.29. The number of fused-ring (bicyclic) bond motifs is 2. The fraction of sp³-hybridized carbons (Fsp3) is 0.304. The van der Waals surface area contributed by atoms with E-state index in [1.165, 1.54) is 17.1 Å². The number of ether oxygens (including phenoxy) is 1. The number of halogens is 1. The van der Waals surface area contributed by atoms with E-state index in [-0.39, 0.29) is 18.6 Å². The minimum atomic E-state index is -0.438. The van der Waals surface area contributed by atoms with E-state index < -0.39 is 5.97 Å². The van der Waals surface area contributed by atoms with Gasteiger partial charge < -0.3 is 14.5 Å². The van der Waals surface area contributed by atoms with Crippen molar-refractivity contribution in [3.63, 3.8) is 0 Å². The molecule has 4 aromatic rings. The maximum absolute atomic E-state index is 12.8. The summed E-state index contributed by atoms with van der Waals surface area (Å²) in [5.41, 5.74) is 1.52. The highest BCUT2D eigenvalue weighted by atomic mass is 35.5. The molecule has 9 heteroatoms. The van der Waals surface area contributed by atoms with Gasteiger partial charge in [-0.1, -0.05) is 18.0 Å². The molecule has 1 N–H and O–H groups in total. The monoisotopic (exact) mass is 452 g/mol. The van der Waals surface area contributed by atoms with Gasteiger partial charge in [0.2, 0.25) is 0 Å². The Bertz CT molecular complexity index is 1310. The third-order valence-electron chi connectivity index (χ3n) is 5.62. The van der Waals surface area contributed by atoms with Crippen LogP contribution in [0.1, 0.15) is 58.6 Å². The van der Waals surface area contributed by atoms with Crippen molar-refractivity contribution in [1.82, 2.24) is 19.9 Å². The summed E-state index contributed by atoms with van der Waals surface area (Å²) >= 11 is 6.24. The highest BCUT2D eigenvalue weighted by molar-refractivity contribution is 6.32. The highest BCUT2D eigenvalue weighted by Gasteiger charge is 2.23. The lowest BCUT2D eigenvalue weighted by Gasteiger charge is -2.21. The van der Waals surface area contributed by atoms with E-state index in [0.717, 1.165) is 25.7 Å². The normalized spacial score (nSPS) is 14.7. The van der Waals surface area contributed by atoms with Crippen molar-refractivity contribution >= 4 is 40.1 Å². The maximum atomic E-state index is 12.8. The molecule has 1 fully saturated rings. The second-order valence-electron chi connectivity index (χ2n) is 7.88. The van der Waals surface area contributed by atoms with E-state index >= 15 is 0 Å². The predicted molar refractivity (Wildman–Crippen MR) is 118 cm³/mol. The molecule has 0 atom stereocenters. The minimum Gasteiger partial charge on any atom is -0.459 e. The molecule has 8 nitrogen and oxygen atoms in total. The summed E-state index contributed by atoms with van der Waals surface area (Å²) in [6.07, 6.45) is 9.78. The minimum absolute atomic E-state index is 0.0709. The molecular formula is C23H21ClN4O4. The first-order chi connectivity index (χ1) is 15.6. The number of hydrogen-bond acceptors (Lipinski definition) is 6. The van der Waals surface area contributed by atoms with Gasteiger partial charge >= 0.3 is 5.97 Å². The van der Waals surface area contributed by atoms with Gasteiger partial charge in [0, 0.05) is 22.8 Å². The van der Waals surface area contributed by atoms with Gasteiger partial charge in [-0.05, 0) is 49.9 Å². The lowest BCUT2D eigenvalue weighted by molar-refractivity contribution is 0.0212. The number of amides is 1. The zero-order valence-electron chi connectivity index (χ0n) is 17.2. The van der Waals surface area contributed by atoms with Crippen molar-refractivity contribution in [2.75, 3.05) is 0 Å². The Hall–Kier alpha value is -3.39. The lowest BCUT2D eigenvalue weighted by atomic mass is 9.98. The van der Waals surface area contributed by atoms with Crippen LogP contribution in [0.5, 0.6) is 0 Å². The van der Waals surface area contributed by atoms with Crippen LogP contribution < -0.4 is 5.32 Å². The third-order valence-corrected chi connectivity index (χ3v) is 5.84. The summed E-state index contributed by atoms with van der Waals surface area (Å²) in [5.74, 6) is -0.271. The van der Waals surface area contributed by atoms with Crippen LogP contribution in [0.15, 0.2) is 47.3 Å². The largest absolute Gasteiger partial charge is 0.459 e. The van der Waals surface area contributed by atoms with Crippen LogP contribution in [0, 0.1) is 0 Å². The zero-order valence-corrected chi connectivity index (χ0v) is 18.0. The molecule has 164 valence electrons. The van der Waals surface area contributed by atoms with Crippen LogP contribution in [-0.2, 0) is 11.3 Å². The maximum Gasteiger partial charge on any atom is 0.342 e. The number of carbonyl (C=O) groups excluding carboxylic acids is 2. The van der Waals surface area contributed by atoms with Crippen LogP contribution in [-0.4, -0.2) is 32.6 Å². The van der Waals surface area contributed by atoms with E-state index in [9.17, 15) is 9.59 Å². The Morgan fingerprint density at radius 3 is 2.88 bits per heavy atom. The van der Waals surface area contributed by atoms with E-state index in [1.54, 1.807) is 36.7 Å². The fourth-order valence-electron chi connectivity index (χ4n) is 4.06. The number of nitrogens with one attached hydrogen (secondary N) is 1. The Balaban J connectivity index is 1.34. The zero-order chi connectivity index (χ0) is 22.1. The Morgan fingerprint density at radius 2 is 2.03 bits per heavy atom. The number of hydrogen-bond donors (Lipinski definition) is 1. The molecule has 1 aliphatic rings. The molecule has 0 aliphatic heterocycles. The molecule has 32 heavy (non-hydrogen) atoms. The summed E-state index contributed by atoms with van der Waals surface area (Å²) in [7, 11) is 0. The van der Waals surface area contributed by atoms with Gasteiger partial charge in [0.1, 0.15) is 28.6 Å². The summed E-state index contributed by atoms with van der Waals surface area (Å²) in [4.78, 5) is 29.6. The summed E-state index contributed by atoms with van der Waals surface area (Å²) in [6, 6.07) is 6.77. The SMILES string of the molecule is O=C(OC1CCCCC1)c1cc(Cl)cc2cc(CNC(=O)c3cnn4cccnc34)oc12. The van der Waals surface area contributed by atoms with Gasteiger partial charge in [-0.3, -0.25) is 4.79 Å². The Labute approximate surface area is 188 Å². The molecule has 1 saturated carbocycles. The molecule has 0 bridgehead atoms. The predicted octanol–water partition coefficient (Wildman–Crippen LogP) is 4.55. The third kappa shape index (κ3) is 4.05. The number of benzene rings is 1. The molecule has 3 aromatic heterocycles. The molecule has 1 amide bonds. The Kier molecular flexibility index (Phi) is 5.53. The topological polar surface area (TPSA) is 98.7 Å². The van der Waals surface area contributed by atoms with Gasteiger partial charge in [-0.15, -0.1) is 0 Å². The second-order valence-corrected chi connectivity index (χ2v) is 8.31. The average molecular weight is 453 g/mol. The fourth-order valence-corrected chi connectivity index (χ4v) is 4.28. The second kappa shape index (κ2) is 8.63. The summed E-state index contributed by atoms with van der Waals surface area (Å²) < 4.78 is 13.1. The van der Waals surface area contributed by atoms with Crippen LogP contribution in [0.4, 0.5) is 0 Å². The first-order valence-electron chi connectivity index (χ1n) is 10.6. The number of aromatic nitrogens is 3. The summed E-state index contributed by atoms with van der Waals surface area (Å²) in [5, 5.41) is 8.02. The number of nitrogens with zero attached hydrogens (tertiary/aromatic N) is 3. The molecular weight excluding hydrogens is 432 g/mol. The number of rotatable bonds is 5. The van der Waals surface area contributed by atoms with Gasteiger partial charge in [0.15, 0.2) is 5.65 Å².